The summed E-state index contributed by atoms with van der Waals surface area (Å²) in [6.07, 6.45) is 5.27. The van der Waals surface area contributed by atoms with Crippen LogP contribution in [0.2, 0.25) is 0 Å². The molecule has 0 bridgehead atoms. The number of hydrogen-bond donors (Lipinski definition) is 1. The van der Waals surface area contributed by atoms with Crippen molar-refractivity contribution in [2.24, 2.45) is 0 Å². The number of aromatic nitrogens is 3. The number of carbonyl (C=O) groups is 1. The van der Waals surface area contributed by atoms with Gasteiger partial charge in [0.1, 0.15) is 5.69 Å². The average Bonchev–Trinajstić information content (AvgIpc) is 3.46. The topological polar surface area (TPSA) is 69.5 Å². The van der Waals surface area contributed by atoms with Crippen molar-refractivity contribution in [3.8, 4) is 5.13 Å². The van der Waals surface area contributed by atoms with Crippen LogP contribution >= 0.6 is 11.3 Å². The lowest BCUT2D eigenvalue weighted by Gasteiger charge is -2.32. The minimum atomic E-state index is -0.0544. The van der Waals surface area contributed by atoms with Crippen LogP contribution in [0.3, 0.4) is 0 Å². The van der Waals surface area contributed by atoms with E-state index in [1.54, 1.807) is 11.3 Å². The second-order valence-corrected chi connectivity index (χ2v) is 8.51. The molecular weight excluding hydrogens is 374 g/mol. The van der Waals surface area contributed by atoms with Crippen molar-refractivity contribution in [3.05, 3.63) is 24.0 Å². The third-order valence-electron chi connectivity index (χ3n) is 5.50. The summed E-state index contributed by atoms with van der Waals surface area (Å²) in [6, 6.07) is 3.73. The molecular formula is C19H29N7OS. The highest BCUT2D eigenvalue weighted by molar-refractivity contribution is 7.17. The molecule has 0 radical (unpaired) electrons. The Morgan fingerprint density at radius 1 is 1.11 bits per heavy atom. The van der Waals surface area contributed by atoms with E-state index in [2.05, 4.69) is 37.3 Å². The van der Waals surface area contributed by atoms with Gasteiger partial charge >= 0.3 is 0 Å². The summed E-state index contributed by atoms with van der Waals surface area (Å²) in [4.78, 5) is 19.7. The number of nitrogens with one attached hydrogen (secondary N) is 1. The first-order valence-corrected chi connectivity index (χ1v) is 11.0. The highest BCUT2D eigenvalue weighted by Gasteiger charge is 2.20. The van der Waals surface area contributed by atoms with E-state index in [0.717, 1.165) is 62.5 Å². The zero-order valence-corrected chi connectivity index (χ0v) is 17.3. The monoisotopic (exact) mass is 403 g/mol. The van der Waals surface area contributed by atoms with Gasteiger partial charge in [-0.3, -0.25) is 9.36 Å². The molecule has 0 atom stereocenters. The maximum atomic E-state index is 12.7. The fourth-order valence-corrected chi connectivity index (χ4v) is 4.64. The van der Waals surface area contributed by atoms with Gasteiger partial charge in [-0.05, 0) is 45.0 Å². The Labute approximate surface area is 170 Å². The van der Waals surface area contributed by atoms with Gasteiger partial charge in [-0.2, -0.15) is 0 Å². The van der Waals surface area contributed by atoms with Crippen LogP contribution in [0.1, 0.15) is 29.8 Å². The predicted octanol–water partition coefficient (Wildman–Crippen LogP) is 1.30. The number of amides is 1. The Morgan fingerprint density at radius 3 is 2.64 bits per heavy atom. The van der Waals surface area contributed by atoms with E-state index < -0.39 is 0 Å². The van der Waals surface area contributed by atoms with Crippen molar-refractivity contribution in [1.29, 1.82) is 0 Å². The highest BCUT2D eigenvalue weighted by atomic mass is 32.1. The van der Waals surface area contributed by atoms with Gasteiger partial charge in [-0.1, -0.05) is 11.3 Å². The summed E-state index contributed by atoms with van der Waals surface area (Å²) < 4.78 is 1.84. The average molecular weight is 404 g/mol. The van der Waals surface area contributed by atoms with Gasteiger partial charge in [0.05, 0.1) is 0 Å². The van der Waals surface area contributed by atoms with Crippen molar-refractivity contribution in [2.75, 3.05) is 64.3 Å². The number of rotatable bonds is 7. The molecule has 2 fully saturated rings. The standard InChI is InChI=1S/C19H29N7OS/c1-23-12-14-24(15-13-23)8-5-7-20-17(27)16-6-4-11-26(16)19-22-21-18(28-19)25-9-2-3-10-25/h4,6,11H,2-3,5,7-10,12-15H2,1H3,(H,20,27). The van der Waals surface area contributed by atoms with Crippen molar-refractivity contribution in [3.63, 3.8) is 0 Å². The smallest absolute Gasteiger partial charge is 0.268 e. The van der Waals surface area contributed by atoms with Crippen molar-refractivity contribution in [2.45, 2.75) is 19.3 Å². The summed E-state index contributed by atoms with van der Waals surface area (Å²) in [6.45, 7) is 8.29. The summed E-state index contributed by atoms with van der Waals surface area (Å²) >= 11 is 1.54. The fourth-order valence-electron chi connectivity index (χ4n) is 3.74. The number of carbonyl (C=O) groups excluding carboxylic acids is 1. The van der Waals surface area contributed by atoms with E-state index >= 15 is 0 Å². The van der Waals surface area contributed by atoms with Crippen LogP contribution in [0.5, 0.6) is 0 Å². The molecule has 2 aromatic heterocycles. The lowest BCUT2D eigenvalue weighted by molar-refractivity contribution is 0.0942. The summed E-state index contributed by atoms with van der Waals surface area (Å²) in [5.41, 5.74) is 0.615. The third-order valence-corrected chi connectivity index (χ3v) is 6.48. The molecule has 2 saturated heterocycles. The molecule has 1 N–H and O–H groups in total. The SMILES string of the molecule is CN1CCN(CCCNC(=O)c2cccn2-c2nnc(N3CCCC3)s2)CC1. The van der Waals surface area contributed by atoms with E-state index in [4.69, 9.17) is 0 Å². The molecule has 2 aromatic rings. The first-order chi connectivity index (χ1) is 13.7. The third kappa shape index (κ3) is 4.53. The van der Waals surface area contributed by atoms with E-state index in [0.29, 0.717) is 12.2 Å². The predicted molar refractivity (Wildman–Crippen MR) is 112 cm³/mol. The lowest BCUT2D eigenvalue weighted by Crippen LogP contribution is -2.45. The molecule has 1 amide bonds. The minimum Gasteiger partial charge on any atom is -0.351 e. The first-order valence-electron chi connectivity index (χ1n) is 10.2. The molecule has 0 unspecified atom stereocenters. The van der Waals surface area contributed by atoms with Gasteiger partial charge in [-0.25, -0.2) is 0 Å². The van der Waals surface area contributed by atoms with E-state index in [1.165, 1.54) is 12.8 Å². The number of likely N-dealkylation sites (N-methyl/N-ethyl adjacent to an activating group) is 1. The number of nitrogens with zero attached hydrogens (tertiary/aromatic N) is 6. The normalized spacial score (nSPS) is 18.7. The molecule has 2 aliphatic heterocycles. The van der Waals surface area contributed by atoms with Gasteiger partial charge < -0.3 is 20.0 Å². The number of anilines is 1. The lowest BCUT2D eigenvalue weighted by atomic mass is 10.3. The quantitative estimate of drug-likeness (QED) is 0.703. The van der Waals surface area contributed by atoms with Crippen LogP contribution in [0.4, 0.5) is 5.13 Å². The summed E-state index contributed by atoms with van der Waals surface area (Å²) in [7, 11) is 2.17. The number of piperazine rings is 1. The maximum absolute atomic E-state index is 12.7. The van der Waals surface area contributed by atoms with Gasteiger partial charge in [0.15, 0.2) is 0 Å². The largest absolute Gasteiger partial charge is 0.351 e. The molecule has 0 aliphatic carbocycles. The second kappa shape index (κ2) is 9.02. The van der Waals surface area contributed by atoms with Crippen LogP contribution < -0.4 is 10.2 Å². The molecule has 0 aromatic carbocycles. The Hall–Kier alpha value is -1.97. The van der Waals surface area contributed by atoms with Crippen molar-refractivity contribution < 1.29 is 4.79 Å². The first kappa shape index (κ1) is 19.4. The molecule has 152 valence electrons. The molecule has 9 heteroatoms. The van der Waals surface area contributed by atoms with Crippen LogP contribution in [-0.2, 0) is 0 Å². The summed E-state index contributed by atoms with van der Waals surface area (Å²) in [5, 5.41) is 13.4. The highest BCUT2D eigenvalue weighted by Crippen LogP contribution is 2.27. The Kier molecular flexibility index (Phi) is 6.23. The van der Waals surface area contributed by atoms with Crippen LogP contribution in [0.25, 0.3) is 5.13 Å². The zero-order valence-electron chi connectivity index (χ0n) is 16.5. The van der Waals surface area contributed by atoms with Gasteiger partial charge in [0.2, 0.25) is 10.3 Å². The Bertz CT molecular complexity index is 775. The zero-order chi connectivity index (χ0) is 19.3. The summed E-state index contributed by atoms with van der Waals surface area (Å²) in [5.74, 6) is -0.0544. The molecule has 2 aliphatic rings. The van der Waals surface area contributed by atoms with Crippen molar-refractivity contribution in [1.82, 2.24) is 29.9 Å². The van der Waals surface area contributed by atoms with Gasteiger partial charge in [-0.15, -0.1) is 10.2 Å². The van der Waals surface area contributed by atoms with Crippen molar-refractivity contribution >= 4 is 22.4 Å². The minimum absolute atomic E-state index is 0.0544. The van der Waals surface area contributed by atoms with E-state index in [1.807, 2.05) is 22.9 Å². The van der Waals surface area contributed by atoms with Crippen LogP contribution in [-0.4, -0.2) is 89.9 Å². The molecule has 4 heterocycles. The maximum Gasteiger partial charge on any atom is 0.268 e. The second-order valence-electron chi connectivity index (χ2n) is 7.58. The fraction of sp³-hybridized carbons (Fsp3) is 0.632. The molecule has 0 spiro atoms. The van der Waals surface area contributed by atoms with E-state index in [-0.39, 0.29) is 5.91 Å². The number of hydrogen-bond acceptors (Lipinski definition) is 7. The molecule has 0 saturated carbocycles. The van der Waals surface area contributed by atoms with Crippen LogP contribution in [0, 0.1) is 0 Å². The van der Waals surface area contributed by atoms with Crippen LogP contribution in [0.15, 0.2) is 18.3 Å². The Morgan fingerprint density at radius 2 is 1.86 bits per heavy atom. The molecule has 4 rings (SSSR count). The molecule has 28 heavy (non-hydrogen) atoms. The van der Waals surface area contributed by atoms with E-state index in [9.17, 15) is 4.79 Å². The Balaban J connectivity index is 1.29. The van der Waals surface area contributed by atoms with Gasteiger partial charge in [0, 0.05) is 52.0 Å². The molecule has 8 nitrogen and oxygen atoms in total. The van der Waals surface area contributed by atoms with Gasteiger partial charge in [0.25, 0.3) is 5.91 Å².